The van der Waals surface area contributed by atoms with Crippen LogP contribution in [-0.4, -0.2) is 8.07 Å². The summed E-state index contributed by atoms with van der Waals surface area (Å²) in [5.41, 5.74) is 7.18. The molecule has 122 valence electrons. The zero-order valence-corrected chi connectivity index (χ0v) is 16.7. The molecule has 1 unspecified atom stereocenters. The number of fused-ring (bicyclic) bond motifs is 1. The number of allylic oxidation sites excluding steroid dienone is 5. The second-order valence-corrected chi connectivity index (χ2v) is 13.8. The van der Waals surface area contributed by atoms with Crippen molar-refractivity contribution in [3.63, 3.8) is 0 Å². The third-order valence-corrected chi connectivity index (χ3v) is 11.4. The highest BCUT2D eigenvalue weighted by molar-refractivity contribution is 7.13. The van der Waals surface area contributed by atoms with Crippen LogP contribution in [0.15, 0.2) is 60.2 Å². The van der Waals surface area contributed by atoms with Crippen LogP contribution in [-0.2, 0) is 0 Å². The van der Waals surface area contributed by atoms with Crippen LogP contribution in [0.25, 0.3) is 17.2 Å². The first kappa shape index (κ1) is 15.9. The molecule has 2 aliphatic rings. The second-order valence-electron chi connectivity index (χ2n) is 7.62. The predicted molar refractivity (Wildman–Crippen MR) is 110 cm³/mol. The molecule has 0 amide bonds. The van der Waals surface area contributed by atoms with Gasteiger partial charge < -0.3 is 0 Å². The van der Waals surface area contributed by atoms with Gasteiger partial charge in [0, 0.05) is 20.9 Å². The molecule has 1 aromatic carbocycles. The number of aryl methyl sites for hydroxylation is 1. The Labute approximate surface area is 150 Å². The molecule has 0 N–H and O–H groups in total. The summed E-state index contributed by atoms with van der Waals surface area (Å²) in [6.07, 6.45) is 11.8. The van der Waals surface area contributed by atoms with Gasteiger partial charge in [-0.1, -0.05) is 79.4 Å². The van der Waals surface area contributed by atoms with E-state index in [9.17, 15) is 0 Å². The Morgan fingerprint density at radius 2 is 1.62 bits per heavy atom. The van der Waals surface area contributed by atoms with Crippen molar-refractivity contribution in [2.45, 2.75) is 38.0 Å². The van der Waals surface area contributed by atoms with Gasteiger partial charge in [0.25, 0.3) is 0 Å². The Morgan fingerprint density at radius 1 is 0.958 bits per heavy atom. The lowest BCUT2D eigenvalue weighted by atomic mass is 10.0. The fourth-order valence-electron chi connectivity index (χ4n) is 4.47. The topological polar surface area (TPSA) is 0 Å². The molecular formula is C22H24SSi. The summed E-state index contributed by atoms with van der Waals surface area (Å²) >= 11 is 2.03. The SMILES string of the molecule is CC1=Cc2c(sc(C)c2-c2ccccc2)C1[Si](C)(C)C1C=CC=C1. The van der Waals surface area contributed by atoms with Crippen LogP contribution in [0.3, 0.4) is 0 Å². The third kappa shape index (κ3) is 2.32. The molecule has 0 spiro atoms. The van der Waals surface area contributed by atoms with E-state index in [4.69, 9.17) is 0 Å². The second kappa shape index (κ2) is 5.71. The van der Waals surface area contributed by atoms with Gasteiger partial charge >= 0.3 is 0 Å². The van der Waals surface area contributed by atoms with Crippen molar-refractivity contribution in [1.29, 1.82) is 0 Å². The van der Waals surface area contributed by atoms with E-state index in [2.05, 4.69) is 87.7 Å². The summed E-state index contributed by atoms with van der Waals surface area (Å²) in [4.78, 5) is 3.08. The first-order valence-corrected chi connectivity index (χ1v) is 12.7. The standard InChI is InChI=1S/C22H24SSi/c1-15-14-19-20(17-10-6-5-7-11-17)16(2)23-21(19)22(15)24(3,4)18-12-8-9-13-18/h5-14,18,22H,1-4H3. The molecule has 0 bridgehead atoms. The van der Waals surface area contributed by atoms with E-state index < -0.39 is 8.07 Å². The van der Waals surface area contributed by atoms with Gasteiger partial charge in [0.15, 0.2) is 0 Å². The molecule has 2 heteroatoms. The molecule has 2 aliphatic carbocycles. The smallest absolute Gasteiger partial charge is 0.0721 e. The monoisotopic (exact) mass is 348 g/mol. The summed E-state index contributed by atoms with van der Waals surface area (Å²) in [6.45, 7) is 9.76. The highest BCUT2D eigenvalue weighted by atomic mass is 32.1. The molecule has 0 saturated heterocycles. The molecule has 24 heavy (non-hydrogen) atoms. The molecule has 0 saturated carbocycles. The van der Waals surface area contributed by atoms with Gasteiger partial charge in [0.2, 0.25) is 0 Å². The van der Waals surface area contributed by atoms with Crippen LogP contribution in [0.1, 0.15) is 27.8 Å². The van der Waals surface area contributed by atoms with E-state index in [1.54, 1.807) is 10.5 Å². The molecule has 0 fully saturated rings. The van der Waals surface area contributed by atoms with Gasteiger partial charge in [-0.15, -0.1) is 11.3 Å². The fraction of sp³-hybridized carbons (Fsp3) is 0.273. The average molecular weight is 349 g/mol. The van der Waals surface area contributed by atoms with Crippen LogP contribution >= 0.6 is 11.3 Å². The van der Waals surface area contributed by atoms with Crippen LogP contribution in [0.5, 0.6) is 0 Å². The zero-order chi connectivity index (χ0) is 16.9. The van der Waals surface area contributed by atoms with Crippen molar-refractivity contribution < 1.29 is 0 Å². The number of benzene rings is 1. The molecule has 2 aromatic rings. The highest BCUT2D eigenvalue weighted by Gasteiger charge is 2.44. The largest absolute Gasteiger partial charge is 0.144 e. The number of thiophene rings is 1. The van der Waals surface area contributed by atoms with Gasteiger partial charge in [-0.2, -0.15) is 0 Å². The normalized spacial score (nSPS) is 19.8. The lowest BCUT2D eigenvalue weighted by Gasteiger charge is -2.35. The summed E-state index contributed by atoms with van der Waals surface area (Å²) in [5, 5.41) is 0. The van der Waals surface area contributed by atoms with Crippen molar-refractivity contribution in [1.82, 2.24) is 0 Å². The van der Waals surface area contributed by atoms with E-state index in [1.807, 2.05) is 11.3 Å². The lowest BCUT2D eigenvalue weighted by molar-refractivity contribution is 1.05. The Hall–Kier alpha value is -1.64. The van der Waals surface area contributed by atoms with Crippen LogP contribution in [0.2, 0.25) is 18.6 Å². The Morgan fingerprint density at radius 3 is 2.29 bits per heavy atom. The van der Waals surface area contributed by atoms with Crippen molar-refractivity contribution in [3.8, 4) is 11.1 Å². The summed E-state index contributed by atoms with van der Waals surface area (Å²) < 4.78 is 0. The highest BCUT2D eigenvalue weighted by Crippen LogP contribution is 2.53. The minimum atomic E-state index is -1.49. The molecule has 1 atom stereocenters. The van der Waals surface area contributed by atoms with Gasteiger partial charge in [-0.05, 0) is 30.5 Å². The van der Waals surface area contributed by atoms with Crippen molar-refractivity contribution in [2.75, 3.05) is 0 Å². The predicted octanol–water partition coefficient (Wildman–Crippen LogP) is 6.97. The van der Waals surface area contributed by atoms with E-state index in [0.29, 0.717) is 11.1 Å². The van der Waals surface area contributed by atoms with E-state index in [1.165, 1.54) is 21.6 Å². The maximum Gasteiger partial charge on any atom is 0.0721 e. The first-order valence-electron chi connectivity index (χ1n) is 8.72. The Balaban J connectivity index is 1.83. The Kier molecular flexibility index (Phi) is 3.78. The molecule has 0 radical (unpaired) electrons. The lowest BCUT2D eigenvalue weighted by Crippen LogP contribution is -2.38. The summed E-state index contributed by atoms with van der Waals surface area (Å²) in [5.74, 6) is 0. The van der Waals surface area contributed by atoms with Gasteiger partial charge in [0.1, 0.15) is 0 Å². The van der Waals surface area contributed by atoms with E-state index in [-0.39, 0.29) is 0 Å². The maximum absolute atomic E-state index is 2.56. The molecule has 0 aliphatic heterocycles. The quantitative estimate of drug-likeness (QED) is 0.525. The minimum absolute atomic E-state index is 0.645. The first-order chi connectivity index (χ1) is 11.5. The number of rotatable bonds is 3. The average Bonchev–Trinajstić information content (AvgIpc) is 3.23. The minimum Gasteiger partial charge on any atom is -0.144 e. The maximum atomic E-state index is 2.56. The van der Waals surface area contributed by atoms with Crippen molar-refractivity contribution in [2.24, 2.45) is 0 Å². The van der Waals surface area contributed by atoms with Crippen LogP contribution in [0.4, 0.5) is 0 Å². The molecule has 0 nitrogen and oxygen atoms in total. The van der Waals surface area contributed by atoms with Gasteiger partial charge in [0.05, 0.1) is 8.07 Å². The molecule has 1 aromatic heterocycles. The zero-order valence-electron chi connectivity index (χ0n) is 14.8. The molecule has 4 rings (SSSR count). The van der Waals surface area contributed by atoms with Crippen molar-refractivity contribution >= 4 is 25.5 Å². The number of hydrogen-bond acceptors (Lipinski definition) is 1. The van der Waals surface area contributed by atoms with Crippen molar-refractivity contribution in [3.05, 3.63) is 75.5 Å². The summed E-state index contributed by atoms with van der Waals surface area (Å²) in [7, 11) is -1.49. The number of hydrogen-bond donors (Lipinski definition) is 0. The third-order valence-electron chi connectivity index (χ3n) is 5.65. The van der Waals surface area contributed by atoms with E-state index >= 15 is 0 Å². The van der Waals surface area contributed by atoms with Crippen LogP contribution < -0.4 is 0 Å². The Bertz CT molecular complexity index is 853. The fourth-order valence-corrected chi connectivity index (χ4v) is 10.5. The summed E-state index contributed by atoms with van der Waals surface area (Å²) in [6, 6.07) is 10.9. The molecular weight excluding hydrogens is 324 g/mol. The van der Waals surface area contributed by atoms with E-state index in [0.717, 1.165) is 0 Å². The van der Waals surface area contributed by atoms with Gasteiger partial charge in [-0.3, -0.25) is 0 Å². The van der Waals surface area contributed by atoms with Crippen LogP contribution in [0, 0.1) is 6.92 Å². The molecule has 1 heterocycles. The van der Waals surface area contributed by atoms with Gasteiger partial charge in [-0.25, -0.2) is 0 Å².